The van der Waals surface area contributed by atoms with Crippen LogP contribution in [0.3, 0.4) is 0 Å². The van der Waals surface area contributed by atoms with E-state index < -0.39 is 13.4 Å². The lowest BCUT2D eigenvalue weighted by molar-refractivity contribution is -0.193. The molecule has 0 aliphatic carbocycles. The molecule has 1 rings (SSSR count). The zero-order valence-corrected chi connectivity index (χ0v) is 17.7. The van der Waals surface area contributed by atoms with Crippen molar-refractivity contribution in [3.05, 3.63) is 0 Å². The van der Waals surface area contributed by atoms with E-state index in [-0.39, 0.29) is 31.9 Å². The fourth-order valence-corrected chi connectivity index (χ4v) is 3.50. The predicted octanol–water partition coefficient (Wildman–Crippen LogP) is 3.97. The molecule has 3 unspecified atom stereocenters. The number of rotatable bonds is 17. The summed E-state index contributed by atoms with van der Waals surface area (Å²) in [4.78, 5) is 9.07. The van der Waals surface area contributed by atoms with Gasteiger partial charge in [-0.05, 0) is 19.8 Å². The number of hydrogen-bond acceptors (Lipinski definition) is 7. The van der Waals surface area contributed by atoms with Crippen molar-refractivity contribution in [3.63, 3.8) is 0 Å². The predicted molar refractivity (Wildman–Crippen MR) is 102 cm³/mol. The number of ether oxygens (including phenoxy) is 4. The van der Waals surface area contributed by atoms with Crippen LogP contribution in [0.1, 0.15) is 65.2 Å². The van der Waals surface area contributed by atoms with Crippen LogP contribution in [-0.2, 0) is 28.2 Å². The molecule has 0 saturated carbocycles. The lowest BCUT2D eigenvalue weighted by Gasteiger charge is -2.23. The van der Waals surface area contributed by atoms with Gasteiger partial charge < -0.3 is 23.8 Å². The third kappa shape index (κ3) is 12.2. The van der Waals surface area contributed by atoms with Crippen molar-refractivity contribution < 1.29 is 38.3 Å². The SMILES string of the molecule is CCCCCCCCCOCC1COC(C)(COCCCP(=O)(O)OO)O1. The first kappa shape index (κ1) is 25.0. The highest BCUT2D eigenvalue weighted by molar-refractivity contribution is 7.52. The Morgan fingerprint density at radius 3 is 2.44 bits per heavy atom. The van der Waals surface area contributed by atoms with Gasteiger partial charge in [0.2, 0.25) is 0 Å². The van der Waals surface area contributed by atoms with E-state index >= 15 is 0 Å². The lowest BCUT2D eigenvalue weighted by atomic mass is 10.1. The van der Waals surface area contributed by atoms with Crippen molar-refractivity contribution >= 4 is 7.60 Å². The Bertz CT molecular complexity index is 422. The van der Waals surface area contributed by atoms with Crippen molar-refractivity contribution in [2.75, 3.05) is 39.2 Å². The van der Waals surface area contributed by atoms with Crippen LogP contribution in [0.25, 0.3) is 0 Å². The monoisotopic (exact) mass is 412 g/mol. The Morgan fingerprint density at radius 1 is 1.07 bits per heavy atom. The summed E-state index contributed by atoms with van der Waals surface area (Å²) in [5, 5.41) is 8.25. The molecule has 0 radical (unpaired) electrons. The summed E-state index contributed by atoms with van der Waals surface area (Å²) in [6.07, 6.45) is 8.82. The fourth-order valence-electron chi connectivity index (χ4n) is 2.89. The second-order valence-corrected chi connectivity index (χ2v) is 9.12. The second kappa shape index (κ2) is 14.0. The van der Waals surface area contributed by atoms with Gasteiger partial charge in [0.1, 0.15) is 12.7 Å². The first-order valence-corrected chi connectivity index (χ1v) is 11.8. The van der Waals surface area contributed by atoms with Crippen molar-refractivity contribution in [1.29, 1.82) is 0 Å². The summed E-state index contributed by atoms with van der Waals surface area (Å²) >= 11 is 0. The quantitative estimate of drug-likeness (QED) is 0.160. The average Bonchev–Trinajstić information content (AvgIpc) is 3.01. The van der Waals surface area contributed by atoms with Crippen LogP contribution in [0.5, 0.6) is 0 Å². The highest BCUT2D eigenvalue weighted by atomic mass is 31.2. The van der Waals surface area contributed by atoms with Crippen LogP contribution < -0.4 is 0 Å². The van der Waals surface area contributed by atoms with Crippen LogP contribution in [0, 0.1) is 0 Å². The molecule has 2 N–H and O–H groups in total. The number of unbranched alkanes of at least 4 members (excludes halogenated alkanes) is 6. The molecule has 0 spiro atoms. The first-order chi connectivity index (χ1) is 12.9. The maximum absolute atomic E-state index is 11.1. The van der Waals surface area contributed by atoms with E-state index in [1.807, 2.05) is 0 Å². The molecule has 0 aromatic heterocycles. The van der Waals surface area contributed by atoms with Crippen LogP contribution in [0.4, 0.5) is 0 Å². The van der Waals surface area contributed by atoms with Gasteiger partial charge in [0.05, 0.1) is 19.4 Å². The molecule has 3 atom stereocenters. The maximum Gasteiger partial charge on any atom is 0.355 e. The molecule has 1 aliphatic heterocycles. The summed E-state index contributed by atoms with van der Waals surface area (Å²) in [6, 6.07) is 0. The molecule has 1 fully saturated rings. The van der Waals surface area contributed by atoms with E-state index in [0.717, 1.165) is 13.0 Å². The van der Waals surface area contributed by atoms with Crippen LogP contribution in [0.2, 0.25) is 0 Å². The van der Waals surface area contributed by atoms with Gasteiger partial charge in [-0.25, -0.2) is 5.26 Å². The van der Waals surface area contributed by atoms with E-state index in [9.17, 15) is 4.57 Å². The van der Waals surface area contributed by atoms with Gasteiger partial charge >= 0.3 is 7.60 Å². The molecule has 27 heavy (non-hydrogen) atoms. The zero-order chi connectivity index (χ0) is 20.0. The molecular formula is C18H37O8P. The maximum atomic E-state index is 11.1. The molecule has 0 aromatic carbocycles. The highest BCUT2D eigenvalue weighted by Gasteiger charge is 2.37. The van der Waals surface area contributed by atoms with Gasteiger partial charge in [0, 0.05) is 13.2 Å². The molecule has 8 nitrogen and oxygen atoms in total. The molecular weight excluding hydrogens is 375 g/mol. The zero-order valence-electron chi connectivity index (χ0n) is 16.8. The smallest absolute Gasteiger partial charge is 0.355 e. The van der Waals surface area contributed by atoms with Crippen LogP contribution >= 0.6 is 7.60 Å². The minimum atomic E-state index is -3.90. The Kier molecular flexibility index (Phi) is 13.0. The van der Waals surface area contributed by atoms with Gasteiger partial charge in [0.15, 0.2) is 5.79 Å². The molecule has 0 bridgehead atoms. The molecule has 162 valence electrons. The van der Waals surface area contributed by atoms with Crippen LogP contribution in [-0.4, -0.2) is 61.2 Å². The summed E-state index contributed by atoms with van der Waals surface area (Å²) in [5.74, 6) is -0.830. The molecule has 0 amide bonds. The first-order valence-electron chi connectivity index (χ1n) is 10.0. The van der Waals surface area contributed by atoms with Gasteiger partial charge in [-0.3, -0.25) is 4.57 Å². The van der Waals surface area contributed by atoms with E-state index in [4.69, 9.17) is 29.1 Å². The van der Waals surface area contributed by atoms with E-state index in [1.165, 1.54) is 38.5 Å². The molecule has 1 aliphatic rings. The van der Waals surface area contributed by atoms with E-state index in [1.54, 1.807) is 6.92 Å². The molecule has 0 aromatic rings. The topological polar surface area (TPSA) is 104 Å². The molecule has 1 heterocycles. The molecule has 1 saturated heterocycles. The summed E-state index contributed by atoms with van der Waals surface area (Å²) in [5.41, 5.74) is 0. The second-order valence-electron chi connectivity index (χ2n) is 7.23. The Balaban J connectivity index is 2.00. The van der Waals surface area contributed by atoms with Gasteiger partial charge in [0.25, 0.3) is 0 Å². The Labute approximate surface area is 162 Å². The summed E-state index contributed by atoms with van der Waals surface area (Å²) in [7, 11) is -3.90. The molecule has 9 heteroatoms. The van der Waals surface area contributed by atoms with E-state index in [2.05, 4.69) is 11.6 Å². The average molecular weight is 412 g/mol. The van der Waals surface area contributed by atoms with Crippen molar-refractivity contribution in [1.82, 2.24) is 0 Å². The van der Waals surface area contributed by atoms with Gasteiger partial charge in [-0.2, -0.15) is 4.67 Å². The Morgan fingerprint density at radius 2 is 1.74 bits per heavy atom. The van der Waals surface area contributed by atoms with Crippen molar-refractivity contribution in [3.8, 4) is 0 Å². The largest absolute Gasteiger partial charge is 0.379 e. The Hall–Kier alpha value is -0.0500. The normalized spacial score (nSPS) is 25.0. The third-order valence-electron chi connectivity index (χ3n) is 4.41. The standard InChI is InChI=1S/C18H37O8P/c1-3-4-5-6-7-8-9-11-22-14-17-15-24-18(2,25-17)16-23-12-10-13-27(20,21)26-19/h17,19H,3-16H2,1-2H3,(H,20,21). The lowest BCUT2D eigenvalue weighted by Crippen LogP contribution is -2.33. The van der Waals surface area contributed by atoms with Crippen molar-refractivity contribution in [2.24, 2.45) is 0 Å². The number of hydrogen-bond donors (Lipinski definition) is 2. The highest BCUT2D eigenvalue weighted by Crippen LogP contribution is 2.40. The van der Waals surface area contributed by atoms with Gasteiger partial charge in [-0.1, -0.05) is 45.4 Å². The van der Waals surface area contributed by atoms with Gasteiger partial charge in [-0.15, -0.1) is 0 Å². The summed E-state index contributed by atoms with van der Waals surface area (Å²) in [6.45, 7) is 6.20. The van der Waals surface area contributed by atoms with Crippen molar-refractivity contribution in [2.45, 2.75) is 77.1 Å². The van der Waals surface area contributed by atoms with E-state index in [0.29, 0.717) is 13.2 Å². The minimum Gasteiger partial charge on any atom is -0.379 e. The summed E-state index contributed by atoms with van der Waals surface area (Å²) < 4.78 is 37.3. The third-order valence-corrected chi connectivity index (χ3v) is 5.54. The minimum absolute atomic E-state index is 0.108. The fraction of sp³-hybridized carbons (Fsp3) is 1.00. The van der Waals surface area contributed by atoms with Crippen LogP contribution in [0.15, 0.2) is 0 Å².